The van der Waals surface area contributed by atoms with Crippen LogP contribution in [-0.2, 0) is 6.54 Å². The summed E-state index contributed by atoms with van der Waals surface area (Å²) in [7, 11) is 2.06. The van der Waals surface area contributed by atoms with Gasteiger partial charge in [0.25, 0.3) is 0 Å². The summed E-state index contributed by atoms with van der Waals surface area (Å²) >= 11 is 0. The van der Waals surface area contributed by atoms with Gasteiger partial charge >= 0.3 is 0 Å². The second kappa shape index (κ2) is 6.54. The number of anilines is 2. The normalized spacial score (nSPS) is 23.9. The van der Waals surface area contributed by atoms with E-state index in [0.29, 0.717) is 5.41 Å². The number of pyridine rings is 1. The van der Waals surface area contributed by atoms with Gasteiger partial charge in [-0.15, -0.1) is 0 Å². The third kappa shape index (κ3) is 3.17. The van der Waals surface area contributed by atoms with Crippen LogP contribution in [0.15, 0.2) is 48.7 Å². The van der Waals surface area contributed by atoms with Gasteiger partial charge in [0.2, 0.25) is 0 Å². The Hall–Kier alpha value is -1.91. The lowest BCUT2D eigenvalue weighted by atomic mass is 9.87. The lowest BCUT2D eigenvalue weighted by Gasteiger charge is -2.23. The molecule has 4 rings (SSSR count). The van der Waals surface area contributed by atoms with Crippen molar-refractivity contribution < 1.29 is 0 Å². The molecule has 2 aromatic rings. The van der Waals surface area contributed by atoms with E-state index in [1.54, 1.807) is 0 Å². The van der Waals surface area contributed by atoms with Gasteiger partial charge < -0.3 is 10.2 Å². The van der Waals surface area contributed by atoms with Crippen molar-refractivity contribution in [3.05, 3.63) is 54.2 Å². The zero-order valence-electron chi connectivity index (χ0n) is 14.4. The van der Waals surface area contributed by atoms with Crippen LogP contribution < -0.4 is 10.2 Å². The maximum Gasteiger partial charge on any atom is 0.132 e. The third-order valence-electron chi connectivity index (χ3n) is 5.55. The van der Waals surface area contributed by atoms with E-state index in [0.717, 1.165) is 18.1 Å². The van der Waals surface area contributed by atoms with E-state index in [-0.39, 0.29) is 0 Å². The number of hydrogen-bond donors (Lipinski definition) is 1. The highest BCUT2D eigenvalue weighted by Gasteiger charge is 2.39. The predicted octanol–water partition coefficient (Wildman–Crippen LogP) is 3.03. The van der Waals surface area contributed by atoms with E-state index in [4.69, 9.17) is 0 Å². The molecule has 4 heteroatoms. The first-order valence-electron chi connectivity index (χ1n) is 8.91. The summed E-state index contributed by atoms with van der Waals surface area (Å²) in [6.45, 7) is 5.85. The smallest absolute Gasteiger partial charge is 0.132 e. The summed E-state index contributed by atoms with van der Waals surface area (Å²) in [4.78, 5) is 9.38. The topological polar surface area (TPSA) is 31.4 Å². The molecule has 0 saturated carbocycles. The number of likely N-dealkylation sites (tertiary alicyclic amines) is 1. The fourth-order valence-electron chi connectivity index (χ4n) is 4.06. The van der Waals surface area contributed by atoms with Crippen molar-refractivity contribution in [1.29, 1.82) is 0 Å². The van der Waals surface area contributed by atoms with Crippen LogP contribution in [0.4, 0.5) is 11.5 Å². The fourth-order valence-corrected chi connectivity index (χ4v) is 4.06. The van der Waals surface area contributed by atoms with Crippen LogP contribution in [0.2, 0.25) is 0 Å². The molecule has 1 unspecified atom stereocenters. The Bertz CT molecular complexity index is 662. The number of rotatable bonds is 4. The summed E-state index contributed by atoms with van der Waals surface area (Å²) < 4.78 is 0. The van der Waals surface area contributed by atoms with Crippen LogP contribution in [0.3, 0.4) is 0 Å². The van der Waals surface area contributed by atoms with Crippen LogP contribution in [0.1, 0.15) is 18.4 Å². The first kappa shape index (κ1) is 15.6. The number of para-hydroxylation sites is 1. The Kier molecular flexibility index (Phi) is 4.25. The van der Waals surface area contributed by atoms with Gasteiger partial charge in [0.1, 0.15) is 5.82 Å². The first-order valence-corrected chi connectivity index (χ1v) is 8.91. The minimum atomic E-state index is 0.543. The molecule has 4 nitrogen and oxygen atoms in total. The van der Waals surface area contributed by atoms with Gasteiger partial charge in [0, 0.05) is 38.6 Å². The zero-order valence-corrected chi connectivity index (χ0v) is 14.4. The van der Waals surface area contributed by atoms with Gasteiger partial charge in [-0.05, 0) is 55.1 Å². The molecular weight excluding hydrogens is 296 g/mol. The van der Waals surface area contributed by atoms with Gasteiger partial charge in [-0.3, -0.25) is 4.90 Å². The molecule has 0 amide bonds. The van der Waals surface area contributed by atoms with Crippen molar-refractivity contribution in [1.82, 2.24) is 15.2 Å². The van der Waals surface area contributed by atoms with Crippen LogP contribution in [0.5, 0.6) is 0 Å². The van der Waals surface area contributed by atoms with E-state index < -0.39 is 0 Å². The second-order valence-electron chi connectivity index (χ2n) is 7.31. The standard InChI is InChI=1S/C20H26N4/c1-23(18-5-3-2-4-6-18)19-8-7-17(13-22-19)14-24-12-10-20(16-24)9-11-21-15-20/h2-8,13,21H,9-12,14-16H2,1H3. The largest absolute Gasteiger partial charge is 0.329 e. The molecule has 2 aliphatic heterocycles. The number of aromatic nitrogens is 1. The predicted molar refractivity (Wildman–Crippen MR) is 98.6 cm³/mol. The third-order valence-corrected chi connectivity index (χ3v) is 5.55. The number of benzene rings is 1. The molecule has 1 atom stereocenters. The van der Waals surface area contributed by atoms with Crippen molar-refractivity contribution in [2.45, 2.75) is 19.4 Å². The highest BCUT2D eigenvalue weighted by molar-refractivity contribution is 5.58. The van der Waals surface area contributed by atoms with E-state index in [1.165, 1.54) is 44.6 Å². The van der Waals surface area contributed by atoms with Gasteiger partial charge in [0.15, 0.2) is 0 Å². The van der Waals surface area contributed by atoms with Crippen LogP contribution in [0.25, 0.3) is 0 Å². The summed E-state index contributed by atoms with van der Waals surface area (Å²) in [6, 6.07) is 14.7. The first-order chi connectivity index (χ1) is 11.7. The molecule has 24 heavy (non-hydrogen) atoms. The molecular formula is C20H26N4. The average Bonchev–Trinajstić information content (AvgIpc) is 3.26. The lowest BCUT2D eigenvalue weighted by Crippen LogP contribution is -2.29. The van der Waals surface area contributed by atoms with E-state index >= 15 is 0 Å². The van der Waals surface area contributed by atoms with Crippen molar-refractivity contribution in [3.63, 3.8) is 0 Å². The molecule has 126 valence electrons. The average molecular weight is 322 g/mol. The molecule has 3 heterocycles. The Morgan fingerprint density at radius 3 is 2.75 bits per heavy atom. The molecule has 1 spiro atoms. The summed E-state index contributed by atoms with van der Waals surface area (Å²) in [5.74, 6) is 0.989. The Balaban J connectivity index is 1.39. The SMILES string of the molecule is CN(c1ccccc1)c1ccc(CN2CCC3(CCNC3)C2)cn1. The van der Waals surface area contributed by atoms with Crippen molar-refractivity contribution >= 4 is 11.5 Å². The Labute approximate surface area is 144 Å². The van der Waals surface area contributed by atoms with Crippen LogP contribution >= 0.6 is 0 Å². The van der Waals surface area contributed by atoms with Gasteiger partial charge in [0.05, 0.1) is 0 Å². The van der Waals surface area contributed by atoms with Crippen LogP contribution in [0, 0.1) is 5.41 Å². The van der Waals surface area contributed by atoms with E-state index in [2.05, 4.69) is 63.5 Å². The molecule has 2 saturated heterocycles. The summed E-state index contributed by atoms with van der Waals surface area (Å²) in [5.41, 5.74) is 3.01. The molecule has 1 aromatic carbocycles. The van der Waals surface area contributed by atoms with Gasteiger partial charge in [-0.2, -0.15) is 0 Å². The molecule has 0 aliphatic carbocycles. The van der Waals surface area contributed by atoms with E-state index in [1.807, 2.05) is 12.3 Å². The molecule has 1 N–H and O–H groups in total. The molecule has 2 aliphatic rings. The van der Waals surface area contributed by atoms with Crippen LogP contribution in [-0.4, -0.2) is 43.1 Å². The maximum atomic E-state index is 4.67. The molecule has 1 aromatic heterocycles. The monoisotopic (exact) mass is 322 g/mol. The van der Waals surface area contributed by atoms with E-state index in [9.17, 15) is 0 Å². The number of nitrogens with zero attached hydrogens (tertiary/aromatic N) is 3. The van der Waals surface area contributed by atoms with Crippen molar-refractivity contribution in [2.24, 2.45) is 5.41 Å². The van der Waals surface area contributed by atoms with Crippen molar-refractivity contribution in [3.8, 4) is 0 Å². The molecule has 2 fully saturated rings. The minimum Gasteiger partial charge on any atom is -0.329 e. The fraction of sp³-hybridized carbons (Fsp3) is 0.450. The summed E-state index contributed by atoms with van der Waals surface area (Å²) in [5, 5.41) is 3.53. The van der Waals surface area contributed by atoms with Crippen molar-refractivity contribution in [2.75, 3.05) is 38.1 Å². The highest BCUT2D eigenvalue weighted by atomic mass is 15.2. The van der Waals surface area contributed by atoms with Gasteiger partial charge in [-0.1, -0.05) is 24.3 Å². The lowest BCUT2D eigenvalue weighted by molar-refractivity contribution is 0.268. The number of nitrogens with one attached hydrogen (secondary N) is 1. The molecule has 0 bridgehead atoms. The minimum absolute atomic E-state index is 0.543. The Morgan fingerprint density at radius 1 is 1.17 bits per heavy atom. The summed E-state index contributed by atoms with van der Waals surface area (Å²) in [6.07, 6.45) is 4.71. The highest BCUT2D eigenvalue weighted by Crippen LogP contribution is 2.36. The second-order valence-corrected chi connectivity index (χ2v) is 7.31. The zero-order chi connectivity index (χ0) is 16.4. The quantitative estimate of drug-likeness (QED) is 0.937. The number of hydrogen-bond acceptors (Lipinski definition) is 4. The Morgan fingerprint density at radius 2 is 2.04 bits per heavy atom. The maximum absolute atomic E-state index is 4.67. The van der Waals surface area contributed by atoms with Gasteiger partial charge in [-0.25, -0.2) is 4.98 Å². The molecule has 0 radical (unpaired) electrons.